The van der Waals surface area contributed by atoms with Gasteiger partial charge in [0, 0.05) is 0 Å². The number of aromatic nitrogens is 4. The summed E-state index contributed by atoms with van der Waals surface area (Å²) in [6, 6.07) is 18.7. The normalized spacial score (nSPS) is 19.7. The van der Waals surface area contributed by atoms with Crippen molar-refractivity contribution >= 4 is 5.95 Å². The van der Waals surface area contributed by atoms with Crippen molar-refractivity contribution in [1.82, 2.24) is 20.2 Å². The van der Waals surface area contributed by atoms with Crippen molar-refractivity contribution < 1.29 is 4.74 Å². The highest BCUT2D eigenvalue weighted by molar-refractivity contribution is 5.38. The van der Waals surface area contributed by atoms with E-state index in [2.05, 4.69) is 57.2 Å². The zero-order valence-electron chi connectivity index (χ0n) is 12.8. The molecule has 0 amide bonds. The van der Waals surface area contributed by atoms with Crippen molar-refractivity contribution in [1.29, 1.82) is 0 Å². The molecule has 0 fully saturated rings. The lowest BCUT2D eigenvalue weighted by Crippen LogP contribution is -2.28. The third-order valence-electron chi connectivity index (χ3n) is 4.25. The van der Waals surface area contributed by atoms with E-state index in [1.54, 1.807) is 7.11 Å². The lowest BCUT2D eigenvalue weighted by molar-refractivity contribution is 0.410. The van der Waals surface area contributed by atoms with Gasteiger partial charge in [-0.2, -0.15) is 0 Å². The second-order valence-corrected chi connectivity index (χ2v) is 5.58. The van der Waals surface area contributed by atoms with Crippen LogP contribution < -0.4 is 10.1 Å². The Morgan fingerprint density at radius 2 is 1.83 bits per heavy atom. The van der Waals surface area contributed by atoms with Crippen molar-refractivity contribution in [3.63, 3.8) is 0 Å². The zero-order chi connectivity index (χ0) is 15.6. The van der Waals surface area contributed by atoms with Crippen molar-refractivity contribution in [2.75, 3.05) is 12.4 Å². The van der Waals surface area contributed by atoms with Gasteiger partial charge in [0.15, 0.2) is 0 Å². The first-order valence-corrected chi connectivity index (χ1v) is 7.58. The van der Waals surface area contributed by atoms with E-state index in [0.717, 1.165) is 12.2 Å². The van der Waals surface area contributed by atoms with Gasteiger partial charge in [0.05, 0.1) is 19.2 Å². The van der Waals surface area contributed by atoms with Crippen molar-refractivity contribution in [3.05, 3.63) is 65.7 Å². The van der Waals surface area contributed by atoms with E-state index in [-0.39, 0.29) is 12.1 Å². The Morgan fingerprint density at radius 1 is 1.04 bits per heavy atom. The number of methoxy groups -OCH3 is 1. The third kappa shape index (κ3) is 2.52. The van der Waals surface area contributed by atoms with Gasteiger partial charge in [0.25, 0.3) is 0 Å². The molecule has 6 heteroatoms. The molecule has 23 heavy (non-hydrogen) atoms. The molecule has 1 aromatic heterocycles. The van der Waals surface area contributed by atoms with Crippen LogP contribution in [-0.2, 0) is 0 Å². The zero-order valence-corrected chi connectivity index (χ0v) is 12.8. The molecule has 116 valence electrons. The number of ether oxygens (including phenoxy) is 1. The highest BCUT2D eigenvalue weighted by atomic mass is 16.5. The number of nitrogens with zero attached hydrogens (tertiary/aromatic N) is 4. The van der Waals surface area contributed by atoms with E-state index >= 15 is 0 Å². The first-order chi connectivity index (χ1) is 11.3. The van der Waals surface area contributed by atoms with Gasteiger partial charge < -0.3 is 10.1 Å². The van der Waals surface area contributed by atoms with Crippen LogP contribution in [0.1, 0.15) is 29.6 Å². The van der Waals surface area contributed by atoms with Gasteiger partial charge in [0.1, 0.15) is 5.75 Å². The Kier molecular flexibility index (Phi) is 3.42. The standard InChI is InChI=1S/C17H17N5O/c1-23-14-9-7-13(8-10-14)16-11-15(12-5-3-2-4-6-12)18-17-19-20-21-22(16)17/h2-10,15-16H,11H2,1H3,(H,18,19,21)/t15-,16+/m0/s1. The number of hydrogen-bond donors (Lipinski definition) is 1. The summed E-state index contributed by atoms with van der Waals surface area (Å²) in [6.45, 7) is 0. The fraction of sp³-hybridized carbons (Fsp3) is 0.235. The molecule has 3 aromatic rings. The van der Waals surface area contributed by atoms with E-state index in [9.17, 15) is 0 Å². The Morgan fingerprint density at radius 3 is 2.57 bits per heavy atom. The first-order valence-electron chi connectivity index (χ1n) is 7.58. The second kappa shape index (κ2) is 5.72. The summed E-state index contributed by atoms with van der Waals surface area (Å²) in [5.41, 5.74) is 2.40. The van der Waals surface area contributed by atoms with Gasteiger partial charge in [-0.05, 0) is 40.1 Å². The van der Waals surface area contributed by atoms with Crippen LogP contribution in [0.15, 0.2) is 54.6 Å². The maximum Gasteiger partial charge on any atom is 0.243 e. The van der Waals surface area contributed by atoms with Crippen LogP contribution in [0.5, 0.6) is 5.75 Å². The van der Waals surface area contributed by atoms with Crippen LogP contribution >= 0.6 is 0 Å². The Hall–Kier alpha value is -2.89. The molecular formula is C17H17N5O. The molecule has 0 radical (unpaired) electrons. The molecular weight excluding hydrogens is 290 g/mol. The summed E-state index contributed by atoms with van der Waals surface area (Å²) in [7, 11) is 1.67. The van der Waals surface area contributed by atoms with E-state index in [0.29, 0.717) is 5.95 Å². The second-order valence-electron chi connectivity index (χ2n) is 5.58. The average Bonchev–Trinajstić information content (AvgIpc) is 3.10. The predicted octanol–water partition coefficient (Wildman–Crippen LogP) is 2.83. The third-order valence-corrected chi connectivity index (χ3v) is 4.25. The fourth-order valence-electron chi connectivity index (χ4n) is 3.04. The van der Waals surface area contributed by atoms with Crippen LogP contribution in [0.4, 0.5) is 5.95 Å². The fourth-order valence-corrected chi connectivity index (χ4v) is 3.04. The smallest absolute Gasteiger partial charge is 0.243 e. The maximum absolute atomic E-state index is 5.24. The van der Waals surface area contributed by atoms with E-state index in [4.69, 9.17) is 4.74 Å². The first kappa shape index (κ1) is 13.8. The SMILES string of the molecule is COc1ccc([C@H]2C[C@@H](c3ccccc3)Nc3nnnn32)cc1. The highest BCUT2D eigenvalue weighted by Gasteiger charge is 2.30. The average molecular weight is 307 g/mol. The Labute approximate surface area is 134 Å². The van der Waals surface area contributed by atoms with Crippen LogP contribution in [0.2, 0.25) is 0 Å². The van der Waals surface area contributed by atoms with Gasteiger partial charge in [0.2, 0.25) is 5.95 Å². The molecule has 0 spiro atoms. The van der Waals surface area contributed by atoms with Crippen molar-refractivity contribution in [2.45, 2.75) is 18.5 Å². The number of benzene rings is 2. The molecule has 1 N–H and O–H groups in total. The number of hydrogen-bond acceptors (Lipinski definition) is 5. The summed E-state index contributed by atoms with van der Waals surface area (Å²) < 4.78 is 7.09. The minimum Gasteiger partial charge on any atom is -0.497 e. The molecule has 2 atom stereocenters. The molecule has 4 rings (SSSR count). The molecule has 2 heterocycles. The van der Waals surface area contributed by atoms with Crippen LogP contribution in [-0.4, -0.2) is 27.3 Å². The molecule has 0 aliphatic carbocycles. The van der Waals surface area contributed by atoms with Crippen LogP contribution in [0, 0.1) is 0 Å². The lowest BCUT2D eigenvalue weighted by atomic mass is 9.93. The quantitative estimate of drug-likeness (QED) is 0.806. The number of rotatable bonds is 3. The lowest BCUT2D eigenvalue weighted by Gasteiger charge is -2.31. The Bertz CT molecular complexity index is 784. The molecule has 1 aliphatic heterocycles. The van der Waals surface area contributed by atoms with E-state index in [1.165, 1.54) is 11.1 Å². The monoisotopic (exact) mass is 307 g/mol. The summed E-state index contributed by atoms with van der Waals surface area (Å²) >= 11 is 0. The molecule has 6 nitrogen and oxygen atoms in total. The Balaban J connectivity index is 1.70. The van der Waals surface area contributed by atoms with E-state index in [1.807, 2.05) is 22.9 Å². The van der Waals surface area contributed by atoms with Crippen molar-refractivity contribution in [3.8, 4) is 5.75 Å². The summed E-state index contributed by atoms with van der Waals surface area (Å²) in [5, 5.41) is 15.5. The number of tetrazole rings is 1. The summed E-state index contributed by atoms with van der Waals surface area (Å²) in [4.78, 5) is 0. The molecule has 2 aromatic carbocycles. The molecule has 0 saturated carbocycles. The van der Waals surface area contributed by atoms with Gasteiger partial charge in [-0.1, -0.05) is 47.6 Å². The highest BCUT2D eigenvalue weighted by Crippen LogP contribution is 2.37. The molecule has 0 saturated heterocycles. The molecule has 0 bridgehead atoms. The number of fused-ring (bicyclic) bond motifs is 1. The minimum absolute atomic E-state index is 0.0948. The minimum atomic E-state index is 0.0948. The van der Waals surface area contributed by atoms with Gasteiger partial charge in [-0.15, -0.1) is 0 Å². The molecule has 0 unspecified atom stereocenters. The summed E-state index contributed by atoms with van der Waals surface area (Å²) in [6.07, 6.45) is 0.883. The van der Waals surface area contributed by atoms with Crippen molar-refractivity contribution in [2.24, 2.45) is 0 Å². The van der Waals surface area contributed by atoms with Crippen LogP contribution in [0.25, 0.3) is 0 Å². The van der Waals surface area contributed by atoms with E-state index < -0.39 is 0 Å². The summed E-state index contributed by atoms with van der Waals surface area (Å²) in [5.74, 6) is 1.55. The van der Waals surface area contributed by atoms with Gasteiger partial charge in [-0.3, -0.25) is 0 Å². The van der Waals surface area contributed by atoms with Gasteiger partial charge >= 0.3 is 0 Å². The topological polar surface area (TPSA) is 64.9 Å². The number of anilines is 1. The largest absolute Gasteiger partial charge is 0.497 e. The van der Waals surface area contributed by atoms with Crippen LogP contribution in [0.3, 0.4) is 0 Å². The predicted molar refractivity (Wildman–Crippen MR) is 86.4 cm³/mol. The maximum atomic E-state index is 5.24. The number of nitrogens with one attached hydrogen (secondary N) is 1. The van der Waals surface area contributed by atoms with Gasteiger partial charge in [-0.25, -0.2) is 4.68 Å². The molecule has 1 aliphatic rings.